The van der Waals surface area contributed by atoms with E-state index in [0.29, 0.717) is 24.0 Å². The molecule has 0 saturated carbocycles. The molecule has 4 heterocycles. The first-order valence-corrected chi connectivity index (χ1v) is 12.1. The maximum absolute atomic E-state index is 10.6. The van der Waals surface area contributed by atoms with Gasteiger partial charge in [-0.2, -0.15) is 0 Å². The SMILES string of the molecule is CCC(C[C@H]1OC(n2cnc3c(Cl)nc(N)nc32)[C@H](O)[C@@H]1O)O[PH]1(O)C(C)C1C. The van der Waals surface area contributed by atoms with Crippen molar-refractivity contribution in [2.75, 3.05) is 5.73 Å². The molecule has 0 aromatic carbocycles. The molecule has 12 heteroatoms. The predicted octanol–water partition coefficient (Wildman–Crippen LogP) is 1.23. The molecule has 0 amide bonds. The van der Waals surface area contributed by atoms with Crippen LogP contribution in [0.3, 0.4) is 0 Å². The first-order chi connectivity index (χ1) is 13.7. The van der Waals surface area contributed by atoms with Gasteiger partial charge in [0.2, 0.25) is 0 Å². The van der Waals surface area contributed by atoms with Crippen molar-refractivity contribution in [3.05, 3.63) is 11.5 Å². The molecule has 0 bridgehead atoms. The van der Waals surface area contributed by atoms with Crippen LogP contribution < -0.4 is 5.73 Å². The fourth-order valence-corrected chi connectivity index (χ4v) is 7.30. The Morgan fingerprint density at radius 2 is 2.00 bits per heavy atom. The number of aliphatic hydroxyl groups excluding tert-OH is 2. The molecule has 29 heavy (non-hydrogen) atoms. The third-order valence-corrected chi connectivity index (χ3v) is 10.5. The Balaban J connectivity index is 1.52. The van der Waals surface area contributed by atoms with Crippen molar-refractivity contribution in [3.63, 3.8) is 0 Å². The summed E-state index contributed by atoms with van der Waals surface area (Å²) in [6.45, 7) is 5.95. The summed E-state index contributed by atoms with van der Waals surface area (Å²) in [6, 6.07) is 0. The van der Waals surface area contributed by atoms with E-state index in [1.54, 1.807) is 0 Å². The van der Waals surface area contributed by atoms with E-state index in [4.69, 9.17) is 26.6 Å². The zero-order valence-electron chi connectivity index (χ0n) is 16.4. The van der Waals surface area contributed by atoms with Crippen LogP contribution in [-0.2, 0) is 9.26 Å². The van der Waals surface area contributed by atoms with E-state index >= 15 is 0 Å². The van der Waals surface area contributed by atoms with Crippen molar-refractivity contribution >= 4 is 36.4 Å². The number of halogens is 1. The van der Waals surface area contributed by atoms with E-state index in [-0.39, 0.29) is 28.5 Å². The summed E-state index contributed by atoms with van der Waals surface area (Å²) in [6.07, 6.45) is -1.75. The summed E-state index contributed by atoms with van der Waals surface area (Å²) in [5.41, 5.74) is 6.70. The van der Waals surface area contributed by atoms with Crippen molar-refractivity contribution in [1.82, 2.24) is 19.5 Å². The van der Waals surface area contributed by atoms with Gasteiger partial charge in [-0.1, -0.05) is 0 Å². The van der Waals surface area contributed by atoms with Crippen LogP contribution in [0.4, 0.5) is 5.95 Å². The molecule has 10 nitrogen and oxygen atoms in total. The molecule has 2 aliphatic heterocycles. The molecular formula is C17H27ClN5O5P. The average Bonchev–Trinajstić information content (AvgIpc) is 3.01. The van der Waals surface area contributed by atoms with Crippen molar-refractivity contribution in [2.45, 2.75) is 75.6 Å². The normalized spacial score (nSPS) is 35.7. The van der Waals surface area contributed by atoms with Gasteiger partial charge in [0, 0.05) is 0 Å². The molecule has 4 unspecified atom stereocenters. The number of imidazole rings is 1. The fraction of sp³-hybridized carbons (Fsp3) is 0.706. The van der Waals surface area contributed by atoms with Crippen LogP contribution in [0.1, 0.15) is 39.8 Å². The van der Waals surface area contributed by atoms with E-state index in [9.17, 15) is 15.1 Å². The third-order valence-electron chi connectivity index (χ3n) is 6.26. The zero-order chi connectivity index (χ0) is 21.1. The quantitative estimate of drug-likeness (QED) is 0.378. The minimum atomic E-state index is -2.69. The third kappa shape index (κ3) is 3.50. The van der Waals surface area contributed by atoms with E-state index in [1.165, 1.54) is 10.9 Å². The molecule has 7 atom stereocenters. The number of hydrogen-bond acceptors (Lipinski definition) is 9. The molecule has 2 aromatic rings. The van der Waals surface area contributed by atoms with Crippen LogP contribution in [-0.4, -0.2) is 70.4 Å². The number of anilines is 1. The number of rotatable bonds is 6. The Morgan fingerprint density at radius 3 is 2.62 bits per heavy atom. The van der Waals surface area contributed by atoms with Crippen molar-refractivity contribution in [1.29, 1.82) is 0 Å². The maximum atomic E-state index is 10.6. The number of hydrogen-bond donors (Lipinski definition) is 4. The number of ether oxygens (including phenoxy) is 1. The Bertz CT molecular complexity index is 908. The number of aliphatic hydroxyl groups is 2. The molecule has 2 aromatic heterocycles. The first kappa shape index (κ1) is 21.1. The van der Waals surface area contributed by atoms with Crippen LogP contribution in [0, 0.1) is 0 Å². The van der Waals surface area contributed by atoms with Gasteiger partial charge >= 0.3 is 173 Å². The number of fused-ring (bicyclic) bond motifs is 1. The monoisotopic (exact) mass is 447 g/mol. The summed E-state index contributed by atoms with van der Waals surface area (Å²) in [7, 11) is -2.69. The zero-order valence-corrected chi connectivity index (χ0v) is 18.2. The van der Waals surface area contributed by atoms with Gasteiger partial charge in [0.15, 0.2) is 0 Å². The molecule has 5 N–H and O–H groups in total. The molecule has 2 aliphatic rings. The van der Waals surface area contributed by atoms with Crippen LogP contribution in [0.2, 0.25) is 5.15 Å². The predicted molar refractivity (Wildman–Crippen MR) is 110 cm³/mol. The van der Waals surface area contributed by atoms with E-state index in [2.05, 4.69) is 15.0 Å². The molecule has 4 rings (SSSR count). The Kier molecular flexibility index (Phi) is 5.48. The van der Waals surface area contributed by atoms with Crippen molar-refractivity contribution in [2.24, 2.45) is 0 Å². The van der Waals surface area contributed by atoms with Crippen molar-refractivity contribution < 1.29 is 24.4 Å². The van der Waals surface area contributed by atoms with E-state index in [0.717, 1.165) is 0 Å². The molecule has 0 aliphatic carbocycles. The van der Waals surface area contributed by atoms with Crippen LogP contribution in [0.15, 0.2) is 6.33 Å². The fourth-order valence-electron chi connectivity index (χ4n) is 3.99. The van der Waals surface area contributed by atoms with Crippen LogP contribution in [0.5, 0.6) is 0 Å². The van der Waals surface area contributed by atoms with Gasteiger partial charge < -0.3 is 0 Å². The summed E-state index contributed by atoms with van der Waals surface area (Å²) < 4.78 is 13.5. The summed E-state index contributed by atoms with van der Waals surface area (Å²) in [4.78, 5) is 22.8. The minimum absolute atomic E-state index is 0.0286. The number of aromatic nitrogens is 4. The number of nitrogen functional groups attached to an aromatic ring is 1. The summed E-state index contributed by atoms with van der Waals surface area (Å²) in [5.74, 6) is -0.0286. The Hall–Kier alpha value is -1.13. The number of nitrogens with two attached hydrogens (primary N) is 1. The molecular weight excluding hydrogens is 421 g/mol. The second-order valence-corrected chi connectivity index (χ2v) is 11.9. The Labute approximate surface area is 173 Å². The van der Waals surface area contributed by atoms with Gasteiger partial charge in [-0.15, -0.1) is 0 Å². The molecule has 0 radical (unpaired) electrons. The van der Waals surface area contributed by atoms with E-state index < -0.39 is 32.3 Å². The van der Waals surface area contributed by atoms with Gasteiger partial charge in [-0.05, 0) is 0 Å². The molecule has 162 valence electrons. The summed E-state index contributed by atoms with van der Waals surface area (Å²) >= 11 is 6.06. The molecule has 2 saturated heterocycles. The van der Waals surface area contributed by atoms with Gasteiger partial charge in [-0.25, -0.2) is 0 Å². The van der Waals surface area contributed by atoms with Gasteiger partial charge in [0.1, 0.15) is 0 Å². The topological polar surface area (TPSA) is 149 Å². The standard InChI is InChI=1S/C17H27ClN5O5P/c1-4-9(28-29(26)7(2)8(29)3)5-10-12(24)13(25)16(27-10)23-6-20-11-14(18)21-17(19)22-15(11)23/h6-10,12-13,16,24-26,29H,4-5H2,1-3H3,(H2,19,21,22)/t7?,8?,9?,10-,12-,13-,16?/m1/s1. The van der Waals surface area contributed by atoms with Crippen molar-refractivity contribution in [3.8, 4) is 0 Å². The van der Waals surface area contributed by atoms with Crippen LogP contribution >= 0.6 is 19.3 Å². The average molecular weight is 448 g/mol. The van der Waals surface area contributed by atoms with Gasteiger partial charge in [0.25, 0.3) is 0 Å². The second-order valence-electron chi connectivity index (χ2n) is 7.96. The van der Waals surface area contributed by atoms with Crippen LogP contribution in [0.25, 0.3) is 11.2 Å². The van der Waals surface area contributed by atoms with E-state index in [1.807, 2.05) is 20.8 Å². The molecule has 2 fully saturated rings. The Morgan fingerprint density at radius 1 is 1.31 bits per heavy atom. The molecule has 0 spiro atoms. The number of nitrogens with zero attached hydrogens (tertiary/aromatic N) is 4. The van der Waals surface area contributed by atoms with Gasteiger partial charge in [0.05, 0.1) is 0 Å². The van der Waals surface area contributed by atoms with Gasteiger partial charge in [-0.3, -0.25) is 0 Å². The summed E-state index contributed by atoms with van der Waals surface area (Å²) in [5, 5.41) is 21.3. The first-order valence-electron chi connectivity index (χ1n) is 9.74. The second kappa shape index (κ2) is 7.53.